The van der Waals surface area contributed by atoms with E-state index < -0.39 is 11.0 Å². The van der Waals surface area contributed by atoms with Gasteiger partial charge in [-0.1, -0.05) is 42.8 Å². The van der Waals surface area contributed by atoms with E-state index >= 15 is 0 Å². The molecule has 1 aliphatic rings. The van der Waals surface area contributed by atoms with Gasteiger partial charge in [-0.05, 0) is 24.1 Å². The van der Waals surface area contributed by atoms with Crippen LogP contribution >= 0.6 is 11.6 Å². The van der Waals surface area contributed by atoms with Gasteiger partial charge in [-0.3, -0.25) is 20.0 Å². The molecule has 4 rings (SSSR count). The maximum atomic E-state index is 13.0. The predicted octanol–water partition coefficient (Wildman–Crippen LogP) is 4.59. The maximum Gasteiger partial charge on any atom is 0.273 e. The molecule has 7 nitrogen and oxygen atoms in total. The van der Waals surface area contributed by atoms with Crippen molar-refractivity contribution < 1.29 is 9.72 Å². The van der Waals surface area contributed by atoms with Crippen molar-refractivity contribution in [3.05, 3.63) is 80.5 Å². The van der Waals surface area contributed by atoms with Crippen molar-refractivity contribution in [3.8, 4) is 11.3 Å². The second-order valence-electron chi connectivity index (χ2n) is 6.62. The largest absolute Gasteiger partial charge is 0.326 e. The zero-order valence-electron chi connectivity index (χ0n) is 15.1. The second-order valence-corrected chi connectivity index (χ2v) is 7.06. The lowest BCUT2D eigenvalue weighted by molar-refractivity contribution is -0.384. The minimum atomic E-state index is -0.438. The summed E-state index contributed by atoms with van der Waals surface area (Å²) >= 11 is 6.00. The Morgan fingerprint density at radius 1 is 1.25 bits per heavy atom. The van der Waals surface area contributed by atoms with E-state index in [0.717, 1.165) is 17.5 Å². The molecule has 2 aromatic carbocycles. The van der Waals surface area contributed by atoms with Gasteiger partial charge in [0.15, 0.2) is 0 Å². The fourth-order valence-corrected chi connectivity index (χ4v) is 3.78. The molecule has 0 spiro atoms. The number of aromatic amines is 1. The van der Waals surface area contributed by atoms with Crippen LogP contribution in [-0.4, -0.2) is 32.5 Å². The van der Waals surface area contributed by atoms with E-state index in [0.29, 0.717) is 28.5 Å². The van der Waals surface area contributed by atoms with Crippen molar-refractivity contribution >= 4 is 23.2 Å². The third-order valence-corrected chi connectivity index (χ3v) is 5.09. The number of nitrogens with zero attached hydrogens (tertiary/aromatic N) is 3. The number of aromatic nitrogens is 2. The summed E-state index contributed by atoms with van der Waals surface area (Å²) in [6.45, 7) is 2.53. The third kappa shape index (κ3) is 2.93. The van der Waals surface area contributed by atoms with E-state index in [1.165, 1.54) is 12.1 Å². The number of nitrogens with one attached hydrogen (secondary N) is 1. The van der Waals surface area contributed by atoms with Crippen LogP contribution < -0.4 is 0 Å². The van der Waals surface area contributed by atoms with Crippen molar-refractivity contribution in [2.45, 2.75) is 19.4 Å². The quantitative estimate of drug-likeness (QED) is 0.504. The van der Waals surface area contributed by atoms with Gasteiger partial charge in [0, 0.05) is 34.8 Å². The molecule has 1 unspecified atom stereocenters. The van der Waals surface area contributed by atoms with Crippen molar-refractivity contribution in [2.24, 2.45) is 0 Å². The molecule has 0 bridgehead atoms. The number of hydrogen-bond donors (Lipinski definition) is 1. The molecule has 28 heavy (non-hydrogen) atoms. The molecule has 0 radical (unpaired) electrons. The van der Waals surface area contributed by atoms with Crippen LogP contribution in [0.2, 0.25) is 5.02 Å². The highest BCUT2D eigenvalue weighted by Crippen LogP contribution is 2.43. The third-order valence-electron chi connectivity index (χ3n) is 4.84. The van der Waals surface area contributed by atoms with Gasteiger partial charge in [0.1, 0.15) is 5.69 Å². The molecule has 3 aromatic rings. The maximum absolute atomic E-state index is 13.0. The number of carbonyl (C=O) groups excluding carboxylic acids is 1. The topological polar surface area (TPSA) is 92.1 Å². The summed E-state index contributed by atoms with van der Waals surface area (Å²) in [6, 6.07) is 13.2. The smallest absolute Gasteiger partial charge is 0.273 e. The molecule has 0 saturated heterocycles. The minimum absolute atomic E-state index is 0.00798. The number of amides is 1. The average molecular weight is 397 g/mol. The SMILES string of the molecule is CCCN1C(=O)c2[nH]nc(-c3ccc(Cl)cc3)c2C1c1cccc([N+](=O)[O-])c1. The van der Waals surface area contributed by atoms with Crippen LogP contribution in [0.3, 0.4) is 0 Å². The lowest BCUT2D eigenvalue weighted by Crippen LogP contribution is -2.30. The molecule has 0 fully saturated rings. The summed E-state index contributed by atoms with van der Waals surface area (Å²) in [4.78, 5) is 25.5. The Morgan fingerprint density at radius 3 is 2.68 bits per heavy atom. The summed E-state index contributed by atoms with van der Waals surface area (Å²) in [5.41, 5.74) is 3.31. The Labute approximate surface area is 166 Å². The summed E-state index contributed by atoms with van der Waals surface area (Å²) in [5.74, 6) is -0.152. The monoisotopic (exact) mass is 396 g/mol. The van der Waals surface area contributed by atoms with Crippen LogP contribution in [0.5, 0.6) is 0 Å². The number of rotatable bonds is 5. The number of nitro benzene ring substituents is 1. The van der Waals surface area contributed by atoms with Crippen LogP contribution in [-0.2, 0) is 0 Å². The molecule has 2 heterocycles. The number of halogens is 1. The van der Waals surface area contributed by atoms with Crippen molar-refractivity contribution in [3.63, 3.8) is 0 Å². The highest BCUT2D eigenvalue weighted by Gasteiger charge is 2.42. The van der Waals surface area contributed by atoms with Crippen LogP contribution in [0, 0.1) is 10.1 Å². The van der Waals surface area contributed by atoms with Gasteiger partial charge in [-0.25, -0.2) is 0 Å². The number of H-pyrrole nitrogens is 1. The summed E-state index contributed by atoms with van der Waals surface area (Å²) in [5, 5.41) is 19.1. The van der Waals surface area contributed by atoms with E-state index in [1.54, 1.807) is 29.2 Å². The molecular formula is C20H17ClN4O3. The van der Waals surface area contributed by atoms with Gasteiger partial charge >= 0.3 is 0 Å². The number of non-ortho nitro benzene ring substituents is 1. The van der Waals surface area contributed by atoms with Gasteiger partial charge in [0.2, 0.25) is 0 Å². The first-order chi connectivity index (χ1) is 13.5. The van der Waals surface area contributed by atoms with Crippen molar-refractivity contribution in [1.29, 1.82) is 0 Å². The average Bonchev–Trinajstić information content (AvgIpc) is 3.23. The number of carbonyl (C=O) groups is 1. The first-order valence-corrected chi connectivity index (χ1v) is 9.28. The summed E-state index contributed by atoms with van der Waals surface area (Å²) < 4.78 is 0. The number of benzene rings is 2. The Bertz CT molecular complexity index is 1060. The number of hydrogen-bond acceptors (Lipinski definition) is 4. The van der Waals surface area contributed by atoms with E-state index in [4.69, 9.17) is 11.6 Å². The standard InChI is InChI=1S/C20H17ClN4O3/c1-2-10-24-19(13-4-3-5-15(11-13)25(27)28)16-17(22-23-18(16)20(24)26)12-6-8-14(21)9-7-12/h3-9,11,19H,2,10H2,1H3,(H,22,23). The molecule has 142 valence electrons. The van der Waals surface area contributed by atoms with Gasteiger partial charge < -0.3 is 4.90 Å². The Kier molecular flexibility index (Phi) is 4.60. The molecule has 0 saturated carbocycles. The lowest BCUT2D eigenvalue weighted by Gasteiger charge is -2.25. The van der Waals surface area contributed by atoms with Crippen LogP contribution in [0.15, 0.2) is 48.5 Å². The predicted molar refractivity (Wildman–Crippen MR) is 105 cm³/mol. The van der Waals surface area contributed by atoms with Crippen LogP contribution in [0.1, 0.15) is 41.0 Å². The van der Waals surface area contributed by atoms with Crippen molar-refractivity contribution in [2.75, 3.05) is 6.54 Å². The molecule has 1 aromatic heterocycles. The van der Waals surface area contributed by atoms with Gasteiger partial charge in [-0.2, -0.15) is 5.10 Å². The Morgan fingerprint density at radius 2 is 2.00 bits per heavy atom. The summed E-state index contributed by atoms with van der Waals surface area (Å²) in [7, 11) is 0. The molecule has 0 aliphatic carbocycles. The fourth-order valence-electron chi connectivity index (χ4n) is 3.65. The van der Waals surface area contributed by atoms with E-state index in [-0.39, 0.29) is 11.6 Å². The van der Waals surface area contributed by atoms with Crippen molar-refractivity contribution in [1.82, 2.24) is 15.1 Å². The fraction of sp³-hybridized carbons (Fsp3) is 0.200. The zero-order chi connectivity index (χ0) is 19.8. The number of nitro groups is 1. The minimum Gasteiger partial charge on any atom is -0.326 e. The Balaban J connectivity index is 1.89. The Hall–Kier alpha value is -3.19. The second kappa shape index (κ2) is 7.09. The number of fused-ring (bicyclic) bond motifs is 1. The molecular weight excluding hydrogens is 380 g/mol. The normalized spacial score (nSPS) is 15.7. The van der Waals surface area contributed by atoms with Crippen LogP contribution in [0.25, 0.3) is 11.3 Å². The lowest BCUT2D eigenvalue weighted by atomic mass is 9.95. The molecule has 1 N–H and O–H groups in total. The highest BCUT2D eigenvalue weighted by atomic mass is 35.5. The first-order valence-electron chi connectivity index (χ1n) is 8.90. The van der Waals surface area contributed by atoms with Gasteiger partial charge in [0.25, 0.3) is 11.6 Å². The highest BCUT2D eigenvalue weighted by molar-refractivity contribution is 6.30. The van der Waals surface area contributed by atoms with E-state index in [1.807, 2.05) is 19.1 Å². The van der Waals surface area contributed by atoms with Gasteiger partial charge in [0.05, 0.1) is 16.7 Å². The molecule has 1 amide bonds. The molecule has 8 heteroatoms. The zero-order valence-corrected chi connectivity index (χ0v) is 15.8. The van der Waals surface area contributed by atoms with Crippen LogP contribution in [0.4, 0.5) is 5.69 Å². The molecule has 1 aliphatic heterocycles. The molecule has 1 atom stereocenters. The van der Waals surface area contributed by atoms with Gasteiger partial charge in [-0.15, -0.1) is 0 Å². The van der Waals surface area contributed by atoms with E-state index in [9.17, 15) is 14.9 Å². The van der Waals surface area contributed by atoms with E-state index in [2.05, 4.69) is 10.2 Å². The first kappa shape index (κ1) is 18.2. The summed E-state index contributed by atoms with van der Waals surface area (Å²) in [6.07, 6.45) is 0.769.